The Labute approximate surface area is 132 Å². The lowest BCUT2D eigenvalue weighted by Crippen LogP contribution is -2.15. The number of rotatable bonds is 4. The molecule has 1 heterocycles. The Morgan fingerprint density at radius 2 is 1.59 bits per heavy atom. The number of esters is 2. The Balaban J connectivity index is 2.33. The maximum absolute atomic E-state index is 11.6. The van der Waals surface area contributed by atoms with Gasteiger partial charge >= 0.3 is 11.9 Å². The SMILES string of the molecule is COC(=O)C(=Cc1ccc(-c2ccc(Cl)cc2)o1)C(=O)OC. The quantitative estimate of drug-likeness (QED) is 0.374. The minimum Gasteiger partial charge on any atom is -0.465 e. The third kappa shape index (κ3) is 3.56. The van der Waals surface area contributed by atoms with Crippen LogP contribution in [0.1, 0.15) is 5.76 Å². The molecule has 0 spiro atoms. The van der Waals surface area contributed by atoms with Gasteiger partial charge in [-0.3, -0.25) is 0 Å². The zero-order chi connectivity index (χ0) is 16.1. The van der Waals surface area contributed by atoms with E-state index in [4.69, 9.17) is 16.0 Å². The van der Waals surface area contributed by atoms with Crippen LogP contribution >= 0.6 is 11.6 Å². The van der Waals surface area contributed by atoms with Crippen LogP contribution in [0.2, 0.25) is 5.02 Å². The summed E-state index contributed by atoms with van der Waals surface area (Å²) in [6.07, 6.45) is 1.27. The lowest BCUT2D eigenvalue weighted by Gasteiger charge is -2.02. The molecule has 22 heavy (non-hydrogen) atoms. The van der Waals surface area contributed by atoms with Gasteiger partial charge in [-0.2, -0.15) is 0 Å². The molecule has 114 valence electrons. The third-order valence-corrected chi connectivity index (χ3v) is 3.10. The predicted molar refractivity (Wildman–Crippen MR) is 81.2 cm³/mol. The number of furan rings is 1. The van der Waals surface area contributed by atoms with Gasteiger partial charge in [0.1, 0.15) is 17.1 Å². The number of carbonyl (C=O) groups excluding carboxylic acids is 2. The monoisotopic (exact) mass is 320 g/mol. The first-order valence-electron chi connectivity index (χ1n) is 6.29. The molecular formula is C16H13ClO5. The highest BCUT2D eigenvalue weighted by molar-refractivity contribution is 6.30. The van der Waals surface area contributed by atoms with E-state index >= 15 is 0 Å². The summed E-state index contributed by atoms with van der Waals surface area (Å²) in [5.74, 6) is -0.680. The van der Waals surface area contributed by atoms with Crippen LogP contribution in [0.3, 0.4) is 0 Å². The molecule has 0 unspecified atom stereocenters. The number of carbonyl (C=O) groups is 2. The molecule has 2 aromatic rings. The molecule has 2 rings (SSSR count). The van der Waals surface area contributed by atoms with Crippen molar-refractivity contribution in [3.05, 3.63) is 52.8 Å². The van der Waals surface area contributed by atoms with Crippen molar-refractivity contribution < 1.29 is 23.5 Å². The van der Waals surface area contributed by atoms with Crippen LogP contribution in [-0.4, -0.2) is 26.2 Å². The van der Waals surface area contributed by atoms with Crippen molar-refractivity contribution in [2.75, 3.05) is 14.2 Å². The summed E-state index contributed by atoms with van der Waals surface area (Å²) in [4.78, 5) is 23.2. The Morgan fingerprint density at radius 3 is 2.14 bits per heavy atom. The van der Waals surface area contributed by atoms with E-state index < -0.39 is 11.9 Å². The Hall–Kier alpha value is -2.53. The molecule has 0 amide bonds. The van der Waals surface area contributed by atoms with Gasteiger partial charge in [-0.25, -0.2) is 9.59 Å². The second-order valence-corrected chi connectivity index (χ2v) is 4.69. The van der Waals surface area contributed by atoms with E-state index in [0.29, 0.717) is 16.5 Å². The third-order valence-electron chi connectivity index (χ3n) is 2.85. The van der Waals surface area contributed by atoms with Crippen LogP contribution in [0.4, 0.5) is 0 Å². The van der Waals surface area contributed by atoms with Gasteiger partial charge in [0.15, 0.2) is 0 Å². The second-order valence-electron chi connectivity index (χ2n) is 4.25. The van der Waals surface area contributed by atoms with E-state index in [1.54, 1.807) is 36.4 Å². The highest BCUT2D eigenvalue weighted by Gasteiger charge is 2.20. The molecule has 0 saturated carbocycles. The number of hydrogen-bond acceptors (Lipinski definition) is 5. The zero-order valence-electron chi connectivity index (χ0n) is 12.0. The molecule has 6 heteroatoms. The number of benzene rings is 1. The summed E-state index contributed by atoms with van der Waals surface area (Å²) in [6.45, 7) is 0. The highest BCUT2D eigenvalue weighted by atomic mass is 35.5. The molecular weight excluding hydrogens is 308 g/mol. The van der Waals surface area contributed by atoms with Gasteiger partial charge in [0.25, 0.3) is 0 Å². The summed E-state index contributed by atoms with van der Waals surface area (Å²) < 4.78 is 14.7. The van der Waals surface area contributed by atoms with E-state index in [-0.39, 0.29) is 5.57 Å². The van der Waals surface area contributed by atoms with Gasteiger partial charge < -0.3 is 13.9 Å². The fourth-order valence-electron chi connectivity index (χ4n) is 1.76. The largest absolute Gasteiger partial charge is 0.465 e. The van der Waals surface area contributed by atoms with Crippen molar-refractivity contribution in [2.24, 2.45) is 0 Å². The number of methoxy groups -OCH3 is 2. The highest BCUT2D eigenvalue weighted by Crippen LogP contribution is 2.25. The molecule has 0 aliphatic heterocycles. The van der Waals surface area contributed by atoms with Crippen molar-refractivity contribution in [3.8, 4) is 11.3 Å². The Morgan fingerprint density at radius 1 is 1.00 bits per heavy atom. The zero-order valence-corrected chi connectivity index (χ0v) is 12.7. The number of ether oxygens (including phenoxy) is 2. The van der Waals surface area contributed by atoms with Crippen LogP contribution in [0.25, 0.3) is 17.4 Å². The van der Waals surface area contributed by atoms with Crippen molar-refractivity contribution in [1.29, 1.82) is 0 Å². The van der Waals surface area contributed by atoms with Gasteiger partial charge in [0.2, 0.25) is 0 Å². The van der Waals surface area contributed by atoms with Crippen molar-refractivity contribution in [1.82, 2.24) is 0 Å². The molecule has 0 saturated heterocycles. The average Bonchev–Trinajstić information content (AvgIpc) is 3.00. The fraction of sp³-hybridized carbons (Fsp3) is 0.125. The van der Waals surface area contributed by atoms with Crippen molar-refractivity contribution in [2.45, 2.75) is 0 Å². The summed E-state index contributed by atoms with van der Waals surface area (Å²) in [6, 6.07) is 10.4. The summed E-state index contributed by atoms with van der Waals surface area (Å²) in [5, 5.41) is 0.620. The standard InChI is InChI=1S/C16H13ClO5/c1-20-15(18)13(16(19)21-2)9-12-7-8-14(22-12)10-3-5-11(17)6-4-10/h3-9H,1-2H3. The fourth-order valence-corrected chi connectivity index (χ4v) is 1.89. The smallest absolute Gasteiger partial charge is 0.345 e. The second kappa shape index (κ2) is 6.95. The van der Waals surface area contributed by atoms with E-state index in [2.05, 4.69) is 9.47 Å². The van der Waals surface area contributed by atoms with Crippen molar-refractivity contribution >= 4 is 29.6 Å². The van der Waals surface area contributed by atoms with Gasteiger partial charge in [0.05, 0.1) is 14.2 Å². The predicted octanol–water partition coefficient (Wildman–Crippen LogP) is 3.33. The normalized spacial score (nSPS) is 9.95. The first kappa shape index (κ1) is 15.9. The summed E-state index contributed by atoms with van der Waals surface area (Å²) in [7, 11) is 2.36. The van der Waals surface area contributed by atoms with Crippen LogP contribution in [0.5, 0.6) is 0 Å². The summed E-state index contributed by atoms with van der Waals surface area (Å²) >= 11 is 5.83. The van der Waals surface area contributed by atoms with E-state index in [9.17, 15) is 9.59 Å². The molecule has 0 radical (unpaired) electrons. The van der Waals surface area contributed by atoms with Gasteiger partial charge in [-0.1, -0.05) is 11.6 Å². The van der Waals surface area contributed by atoms with Crippen LogP contribution in [0, 0.1) is 0 Å². The molecule has 5 nitrogen and oxygen atoms in total. The van der Waals surface area contributed by atoms with E-state index in [1.165, 1.54) is 20.3 Å². The molecule has 0 bridgehead atoms. The first-order valence-corrected chi connectivity index (χ1v) is 6.67. The Bertz CT molecular complexity index is 694. The van der Waals surface area contributed by atoms with Gasteiger partial charge in [0, 0.05) is 16.7 Å². The minimum atomic E-state index is -0.795. The molecule has 1 aromatic heterocycles. The topological polar surface area (TPSA) is 65.7 Å². The van der Waals surface area contributed by atoms with Crippen LogP contribution in [0.15, 0.2) is 46.4 Å². The van der Waals surface area contributed by atoms with E-state index in [0.717, 1.165) is 5.56 Å². The average molecular weight is 321 g/mol. The lowest BCUT2D eigenvalue weighted by molar-refractivity contribution is -0.143. The molecule has 0 N–H and O–H groups in total. The molecule has 0 aliphatic carbocycles. The minimum absolute atomic E-state index is 0.248. The number of hydrogen-bond donors (Lipinski definition) is 0. The maximum Gasteiger partial charge on any atom is 0.345 e. The van der Waals surface area contributed by atoms with Crippen molar-refractivity contribution in [3.63, 3.8) is 0 Å². The Kier molecular flexibility index (Phi) is 5.01. The molecule has 0 atom stereocenters. The molecule has 0 fully saturated rings. The number of halogens is 1. The van der Waals surface area contributed by atoms with Crippen LogP contribution in [-0.2, 0) is 19.1 Å². The first-order chi connectivity index (χ1) is 10.5. The van der Waals surface area contributed by atoms with Gasteiger partial charge in [-0.05, 0) is 36.4 Å². The van der Waals surface area contributed by atoms with Gasteiger partial charge in [-0.15, -0.1) is 0 Å². The molecule has 1 aromatic carbocycles. The lowest BCUT2D eigenvalue weighted by atomic mass is 10.2. The molecule has 0 aliphatic rings. The summed E-state index contributed by atoms with van der Waals surface area (Å²) in [5.41, 5.74) is 0.573. The van der Waals surface area contributed by atoms with E-state index in [1.807, 2.05) is 0 Å². The maximum atomic E-state index is 11.6. The van der Waals surface area contributed by atoms with Crippen LogP contribution < -0.4 is 0 Å².